The quantitative estimate of drug-likeness (QED) is 0.358. The molecule has 0 rings (SSSR count). The summed E-state index contributed by atoms with van der Waals surface area (Å²) in [7, 11) is 0. The van der Waals surface area contributed by atoms with Crippen LogP contribution in [0.3, 0.4) is 0 Å². The molecule has 0 aromatic carbocycles. The Kier molecular flexibility index (Phi) is 6.72. The highest BCUT2D eigenvalue weighted by atomic mass is 16.5. The van der Waals surface area contributed by atoms with Gasteiger partial charge in [0, 0.05) is 18.4 Å². The van der Waals surface area contributed by atoms with Crippen LogP contribution >= 0.6 is 0 Å². The lowest BCUT2D eigenvalue weighted by Crippen LogP contribution is -2.11. The lowest BCUT2D eigenvalue weighted by Gasteiger charge is -2.05. The van der Waals surface area contributed by atoms with Gasteiger partial charge in [-0.25, -0.2) is 4.79 Å². The zero-order valence-electron chi connectivity index (χ0n) is 8.97. The maximum Gasteiger partial charge on any atom is 0.333 e. The monoisotopic (exact) mass is 198 g/mol. The summed E-state index contributed by atoms with van der Waals surface area (Å²) >= 11 is 0. The summed E-state index contributed by atoms with van der Waals surface area (Å²) in [5.41, 5.74) is 0.257. The molecule has 0 unspecified atom stereocenters. The zero-order chi connectivity index (χ0) is 11.0. The van der Waals surface area contributed by atoms with E-state index in [9.17, 15) is 9.59 Å². The van der Waals surface area contributed by atoms with Gasteiger partial charge in [0.15, 0.2) is 0 Å². The number of carbonyl (C=O) groups excluding carboxylic acids is 2. The van der Waals surface area contributed by atoms with Crippen LogP contribution in [0.4, 0.5) is 0 Å². The van der Waals surface area contributed by atoms with Gasteiger partial charge < -0.3 is 4.74 Å². The summed E-state index contributed by atoms with van der Waals surface area (Å²) in [6, 6.07) is 0. The first kappa shape index (κ1) is 12.9. The van der Waals surface area contributed by atoms with Gasteiger partial charge in [-0.05, 0) is 6.42 Å². The van der Waals surface area contributed by atoms with Crippen LogP contribution in [-0.4, -0.2) is 18.4 Å². The summed E-state index contributed by atoms with van der Waals surface area (Å²) < 4.78 is 4.90. The molecular weight excluding hydrogens is 180 g/mol. The second kappa shape index (κ2) is 7.30. The van der Waals surface area contributed by atoms with Crippen molar-refractivity contribution in [3.63, 3.8) is 0 Å². The smallest absolute Gasteiger partial charge is 0.333 e. The number of rotatable bonds is 7. The van der Waals surface area contributed by atoms with Crippen LogP contribution in [0.1, 0.15) is 39.5 Å². The Balaban J connectivity index is 3.77. The molecule has 0 aromatic heterocycles. The minimum Gasteiger partial charge on any atom is -0.462 e. The van der Waals surface area contributed by atoms with Crippen LogP contribution in [-0.2, 0) is 14.3 Å². The molecule has 0 aliphatic rings. The molecule has 0 saturated carbocycles. The third kappa shape index (κ3) is 5.51. The van der Waals surface area contributed by atoms with Crippen LogP contribution in [0.25, 0.3) is 0 Å². The predicted molar refractivity (Wildman–Crippen MR) is 54.9 cm³/mol. The largest absolute Gasteiger partial charge is 0.462 e. The number of unbranched alkanes of at least 4 members (excludes halogenated alkanes) is 1. The van der Waals surface area contributed by atoms with E-state index >= 15 is 0 Å². The maximum atomic E-state index is 11.2. The minimum atomic E-state index is -0.444. The Labute approximate surface area is 85.1 Å². The lowest BCUT2D eigenvalue weighted by atomic mass is 10.1. The second-order valence-corrected chi connectivity index (χ2v) is 3.16. The van der Waals surface area contributed by atoms with E-state index in [1.54, 1.807) is 6.92 Å². The molecule has 0 amide bonds. The molecule has 0 bridgehead atoms. The van der Waals surface area contributed by atoms with Crippen LogP contribution in [0, 0.1) is 0 Å². The van der Waals surface area contributed by atoms with Crippen LogP contribution in [0.15, 0.2) is 12.2 Å². The molecular formula is C11H18O3. The number of carbonyl (C=O) groups is 2. The summed E-state index contributed by atoms with van der Waals surface area (Å²) in [5, 5.41) is 0. The summed E-state index contributed by atoms with van der Waals surface area (Å²) in [5.74, 6) is -0.428. The Morgan fingerprint density at radius 1 is 1.29 bits per heavy atom. The fourth-order valence-corrected chi connectivity index (χ4v) is 0.846. The van der Waals surface area contributed by atoms with Gasteiger partial charge in [0.1, 0.15) is 5.78 Å². The molecule has 0 fully saturated rings. The molecule has 0 atom stereocenters. The van der Waals surface area contributed by atoms with Crippen LogP contribution in [0.5, 0.6) is 0 Å². The molecule has 0 saturated heterocycles. The van der Waals surface area contributed by atoms with E-state index in [1.807, 2.05) is 6.92 Å². The summed E-state index contributed by atoms with van der Waals surface area (Å²) in [4.78, 5) is 22.2. The van der Waals surface area contributed by atoms with E-state index in [1.165, 1.54) is 0 Å². The van der Waals surface area contributed by atoms with Gasteiger partial charge >= 0.3 is 5.97 Å². The molecule has 3 heteroatoms. The molecule has 0 radical (unpaired) electrons. The first-order valence-corrected chi connectivity index (χ1v) is 4.98. The third-order valence-corrected chi connectivity index (χ3v) is 1.82. The Morgan fingerprint density at radius 2 is 1.93 bits per heavy atom. The number of ketones is 1. The van der Waals surface area contributed by atoms with E-state index in [4.69, 9.17) is 4.74 Å². The van der Waals surface area contributed by atoms with Gasteiger partial charge in [-0.15, -0.1) is 0 Å². The predicted octanol–water partition coefficient (Wildman–Crippen LogP) is 2.26. The number of esters is 1. The third-order valence-electron chi connectivity index (χ3n) is 1.82. The van der Waals surface area contributed by atoms with Crippen molar-refractivity contribution in [2.75, 3.05) is 6.61 Å². The van der Waals surface area contributed by atoms with Crippen molar-refractivity contribution in [1.82, 2.24) is 0 Å². The van der Waals surface area contributed by atoms with Crippen LogP contribution in [0.2, 0.25) is 0 Å². The maximum absolute atomic E-state index is 11.2. The van der Waals surface area contributed by atoms with E-state index < -0.39 is 5.97 Å². The summed E-state index contributed by atoms with van der Waals surface area (Å²) in [6.45, 7) is 7.72. The molecule has 0 aliphatic carbocycles. The van der Waals surface area contributed by atoms with E-state index in [-0.39, 0.29) is 17.8 Å². The van der Waals surface area contributed by atoms with Gasteiger partial charge in [-0.3, -0.25) is 4.79 Å². The Morgan fingerprint density at radius 3 is 2.43 bits per heavy atom. The SMILES string of the molecule is C=C(CC(=O)CC)C(=O)OCCCC. The molecule has 0 N–H and O–H groups in total. The van der Waals surface area contributed by atoms with Crippen molar-refractivity contribution in [2.45, 2.75) is 39.5 Å². The highest BCUT2D eigenvalue weighted by Gasteiger charge is 2.11. The molecule has 80 valence electrons. The molecule has 14 heavy (non-hydrogen) atoms. The highest BCUT2D eigenvalue weighted by Crippen LogP contribution is 2.04. The lowest BCUT2D eigenvalue weighted by molar-refractivity contribution is -0.140. The number of ether oxygens (including phenoxy) is 1. The van der Waals surface area contributed by atoms with E-state index in [0.29, 0.717) is 13.0 Å². The average Bonchev–Trinajstić information content (AvgIpc) is 2.17. The molecule has 3 nitrogen and oxygen atoms in total. The van der Waals surface area contributed by atoms with Crippen molar-refractivity contribution < 1.29 is 14.3 Å². The topological polar surface area (TPSA) is 43.4 Å². The van der Waals surface area contributed by atoms with Crippen LogP contribution < -0.4 is 0 Å². The number of Topliss-reactive ketones (excluding diaryl/α,β-unsaturated/α-hetero) is 1. The first-order valence-electron chi connectivity index (χ1n) is 4.98. The molecule has 0 spiro atoms. The Bertz CT molecular complexity index is 219. The van der Waals surface area contributed by atoms with Gasteiger partial charge in [0.05, 0.1) is 6.61 Å². The van der Waals surface area contributed by atoms with Crippen molar-refractivity contribution in [2.24, 2.45) is 0 Å². The first-order chi connectivity index (χ1) is 6.61. The van der Waals surface area contributed by atoms with Crippen molar-refractivity contribution in [3.05, 3.63) is 12.2 Å². The van der Waals surface area contributed by atoms with Gasteiger partial charge in [0.2, 0.25) is 0 Å². The average molecular weight is 198 g/mol. The molecule has 0 heterocycles. The van der Waals surface area contributed by atoms with Gasteiger partial charge in [0.25, 0.3) is 0 Å². The van der Waals surface area contributed by atoms with E-state index in [0.717, 1.165) is 12.8 Å². The normalized spacial score (nSPS) is 9.57. The van der Waals surface area contributed by atoms with Gasteiger partial charge in [-0.1, -0.05) is 26.8 Å². The molecule has 0 aromatic rings. The highest BCUT2D eigenvalue weighted by molar-refractivity contribution is 5.95. The summed E-state index contributed by atoms with van der Waals surface area (Å²) in [6.07, 6.45) is 2.37. The Hall–Kier alpha value is -1.12. The van der Waals surface area contributed by atoms with Crippen molar-refractivity contribution in [3.8, 4) is 0 Å². The standard InChI is InChI=1S/C11H18O3/c1-4-6-7-14-11(13)9(3)8-10(12)5-2/h3-8H2,1-2H3. The van der Waals surface area contributed by atoms with Crippen molar-refractivity contribution in [1.29, 1.82) is 0 Å². The number of hydrogen-bond donors (Lipinski definition) is 0. The fourth-order valence-electron chi connectivity index (χ4n) is 0.846. The van der Waals surface area contributed by atoms with Crippen molar-refractivity contribution >= 4 is 11.8 Å². The second-order valence-electron chi connectivity index (χ2n) is 3.16. The fraction of sp³-hybridized carbons (Fsp3) is 0.636. The number of hydrogen-bond acceptors (Lipinski definition) is 3. The van der Waals surface area contributed by atoms with E-state index in [2.05, 4.69) is 6.58 Å². The van der Waals surface area contributed by atoms with Gasteiger partial charge in [-0.2, -0.15) is 0 Å². The zero-order valence-corrected chi connectivity index (χ0v) is 8.97. The molecule has 0 aliphatic heterocycles. The minimum absolute atomic E-state index is 0.0161.